The molecule has 9 aromatic rings. The van der Waals surface area contributed by atoms with Crippen LogP contribution in [0.5, 0.6) is 0 Å². The van der Waals surface area contributed by atoms with Crippen LogP contribution in [0.3, 0.4) is 0 Å². The third-order valence-electron chi connectivity index (χ3n) is 12.3. The van der Waals surface area contributed by atoms with Gasteiger partial charge in [-0.15, -0.1) is 0 Å². The molecule has 0 amide bonds. The lowest BCUT2D eigenvalue weighted by Crippen LogP contribution is -2.33. The zero-order valence-electron chi connectivity index (χ0n) is 31.4. The van der Waals surface area contributed by atoms with E-state index in [1.807, 2.05) is 0 Å². The summed E-state index contributed by atoms with van der Waals surface area (Å²) in [5.41, 5.74) is 19.0. The van der Waals surface area contributed by atoms with Crippen molar-refractivity contribution in [3.8, 4) is 66.8 Å². The Morgan fingerprint density at radius 2 is 0.737 bits per heavy atom. The maximum Gasteiger partial charge on any atom is 0.145 e. The van der Waals surface area contributed by atoms with Crippen LogP contribution in [0.15, 0.2) is 206 Å². The van der Waals surface area contributed by atoms with E-state index in [2.05, 4.69) is 206 Å². The fraction of sp³-hybridized carbons (Fsp3) is 0.0536. The molecule has 2 unspecified atom stereocenters. The number of hydrogen-bond donors (Lipinski definition) is 0. The molecule has 0 aliphatic heterocycles. The second-order valence-electron chi connectivity index (χ2n) is 15.4. The van der Waals surface area contributed by atoms with Crippen molar-refractivity contribution in [2.75, 3.05) is 0 Å². The maximum atomic E-state index is 14.6. The van der Waals surface area contributed by atoms with E-state index in [1.165, 1.54) is 77.5 Å². The molecule has 268 valence electrons. The fourth-order valence-corrected chi connectivity index (χ4v) is 9.85. The summed E-state index contributed by atoms with van der Waals surface area (Å²) in [5.74, 6) is -0.118. The first-order valence-electron chi connectivity index (χ1n) is 19.9. The number of benzene rings is 9. The lowest BCUT2D eigenvalue weighted by atomic mass is 9.59. The van der Waals surface area contributed by atoms with E-state index in [1.54, 1.807) is 0 Å². The lowest BCUT2D eigenvalue weighted by Gasteiger charge is -2.43. The monoisotopic (exact) mass is 726 g/mol. The topological polar surface area (TPSA) is 17.1 Å². The van der Waals surface area contributed by atoms with Crippen molar-refractivity contribution in [2.24, 2.45) is 0 Å². The van der Waals surface area contributed by atoms with Crippen molar-refractivity contribution in [1.29, 1.82) is 0 Å². The molecule has 2 atom stereocenters. The Morgan fingerprint density at radius 3 is 1.23 bits per heavy atom. The first-order valence-corrected chi connectivity index (χ1v) is 19.9. The number of hydrogen-bond acceptors (Lipinski definition) is 1. The predicted octanol–water partition coefficient (Wildman–Crippen LogP) is 14.4. The van der Waals surface area contributed by atoms with Crippen molar-refractivity contribution in [2.45, 2.75) is 18.3 Å². The molecule has 3 aliphatic carbocycles. The Bertz CT molecular complexity index is 2980. The van der Waals surface area contributed by atoms with Crippen LogP contribution >= 0.6 is 0 Å². The van der Waals surface area contributed by atoms with Crippen LogP contribution in [0, 0.1) is 0 Å². The summed E-state index contributed by atoms with van der Waals surface area (Å²) in [4.78, 5) is 14.6. The highest BCUT2D eigenvalue weighted by molar-refractivity contribution is 6.15. The first kappa shape index (κ1) is 33.3. The summed E-state index contributed by atoms with van der Waals surface area (Å²) in [6.45, 7) is 0. The molecule has 1 nitrogen and oxygen atoms in total. The van der Waals surface area contributed by atoms with Gasteiger partial charge in [0.25, 0.3) is 0 Å². The molecule has 0 N–H and O–H groups in total. The zero-order chi connectivity index (χ0) is 37.9. The molecule has 0 aromatic heterocycles. The largest absolute Gasteiger partial charge is 0.299 e. The molecule has 57 heavy (non-hydrogen) atoms. The molecule has 0 saturated carbocycles. The van der Waals surface area contributed by atoms with E-state index < -0.39 is 0 Å². The Balaban J connectivity index is 1.28. The van der Waals surface area contributed by atoms with Gasteiger partial charge in [0.1, 0.15) is 5.78 Å². The van der Waals surface area contributed by atoms with Gasteiger partial charge in [-0.2, -0.15) is 0 Å². The van der Waals surface area contributed by atoms with Crippen LogP contribution < -0.4 is 0 Å². The van der Waals surface area contributed by atoms with Gasteiger partial charge in [0.2, 0.25) is 0 Å². The van der Waals surface area contributed by atoms with Crippen molar-refractivity contribution >= 4 is 16.6 Å². The van der Waals surface area contributed by atoms with Gasteiger partial charge in [-0.05, 0) is 112 Å². The minimum absolute atomic E-state index is 0.0618. The highest BCUT2D eigenvalue weighted by Gasteiger charge is 2.46. The summed E-state index contributed by atoms with van der Waals surface area (Å²) in [7, 11) is 0. The molecular weight excluding hydrogens is 689 g/mol. The van der Waals surface area contributed by atoms with Crippen LogP contribution in [-0.2, 0) is 4.79 Å². The fourth-order valence-electron chi connectivity index (χ4n) is 9.85. The predicted molar refractivity (Wildman–Crippen MR) is 236 cm³/mol. The molecule has 9 aromatic carbocycles. The number of fused-ring (bicyclic) bond motifs is 2. The number of carbonyl (C=O) groups excluding carboxylic acids is 1. The van der Waals surface area contributed by atoms with E-state index in [0.29, 0.717) is 12.2 Å². The summed E-state index contributed by atoms with van der Waals surface area (Å²) < 4.78 is 0. The zero-order valence-corrected chi connectivity index (χ0v) is 31.4. The molecule has 0 saturated heterocycles. The van der Waals surface area contributed by atoms with E-state index in [9.17, 15) is 4.79 Å². The van der Waals surface area contributed by atoms with Crippen LogP contribution in [0.25, 0.3) is 77.5 Å². The van der Waals surface area contributed by atoms with Crippen molar-refractivity contribution < 1.29 is 4.79 Å². The molecule has 1 heteroatoms. The van der Waals surface area contributed by atoms with Crippen molar-refractivity contribution in [3.05, 3.63) is 229 Å². The molecule has 2 bridgehead atoms. The summed E-state index contributed by atoms with van der Waals surface area (Å²) >= 11 is 0. The molecule has 0 heterocycles. The number of rotatable bonds is 6. The molecular formula is C56H38O. The standard InChI is InChI=1S/C56H38O/c57-51-35-50-42-25-13-14-26-43(42)54(51)56-53(47-32-30-41(37-19-7-2-8-20-37)34-49(47)39-23-11-4-12-24-39)45-28-16-15-27-44(45)52(55(50)56)46-31-29-40(36-17-5-1-6-18-36)33-48(46)38-21-9-3-10-22-38/h1-34,50,54H,35H2. The quantitative estimate of drug-likeness (QED) is 0.167. The molecule has 0 fully saturated rings. The minimum atomic E-state index is -0.360. The lowest BCUT2D eigenvalue weighted by molar-refractivity contribution is -0.120. The smallest absolute Gasteiger partial charge is 0.145 e. The van der Waals surface area contributed by atoms with E-state index in [0.717, 1.165) is 22.3 Å². The summed E-state index contributed by atoms with van der Waals surface area (Å²) in [5, 5.41) is 2.37. The van der Waals surface area contributed by atoms with Gasteiger partial charge >= 0.3 is 0 Å². The first-order chi connectivity index (χ1) is 28.2. The molecule has 3 aliphatic rings. The Labute approximate surface area is 333 Å². The summed E-state index contributed by atoms with van der Waals surface area (Å²) in [6.07, 6.45) is 0.501. The van der Waals surface area contributed by atoms with Gasteiger partial charge in [0.15, 0.2) is 0 Å². The van der Waals surface area contributed by atoms with Crippen molar-refractivity contribution in [1.82, 2.24) is 0 Å². The number of ketones is 1. The van der Waals surface area contributed by atoms with Crippen LogP contribution in [0.2, 0.25) is 0 Å². The Morgan fingerprint density at radius 1 is 0.333 bits per heavy atom. The normalized spacial score (nSPS) is 15.3. The van der Waals surface area contributed by atoms with Gasteiger partial charge in [-0.1, -0.05) is 194 Å². The third kappa shape index (κ3) is 5.42. The minimum Gasteiger partial charge on any atom is -0.299 e. The van der Waals surface area contributed by atoms with Crippen molar-refractivity contribution in [3.63, 3.8) is 0 Å². The highest BCUT2D eigenvalue weighted by Crippen LogP contribution is 2.60. The van der Waals surface area contributed by atoms with Crippen LogP contribution in [-0.4, -0.2) is 5.78 Å². The SMILES string of the molecule is O=C1CC2c3ccccc3C1c1c2c(-c2ccc(-c3ccccc3)cc2-c2ccccc2)c2ccccc2c1-c1ccc(-c2ccccc2)cc1-c1ccccc1. The Kier molecular flexibility index (Phi) is 7.93. The highest BCUT2D eigenvalue weighted by atomic mass is 16.1. The summed E-state index contributed by atoms with van der Waals surface area (Å²) in [6, 6.07) is 74.4. The van der Waals surface area contributed by atoms with E-state index >= 15 is 0 Å². The second kappa shape index (κ2) is 13.6. The van der Waals surface area contributed by atoms with Gasteiger partial charge in [0.05, 0.1) is 5.92 Å². The third-order valence-corrected chi connectivity index (χ3v) is 12.3. The van der Waals surface area contributed by atoms with Gasteiger partial charge in [0, 0.05) is 12.3 Å². The molecule has 0 spiro atoms. The van der Waals surface area contributed by atoms with E-state index in [-0.39, 0.29) is 11.8 Å². The number of Topliss-reactive ketones (excluding diaryl/α,β-unsaturated/α-hetero) is 1. The maximum absolute atomic E-state index is 14.6. The average Bonchev–Trinajstić information content (AvgIpc) is 3.29. The van der Waals surface area contributed by atoms with E-state index in [4.69, 9.17) is 0 Å². The average molecular weight is 727 g/mol. The van der Waals surface area contributed by atoms with Gasteiger partial charge in [-0.25, -0.2) is 0 Å². The molecule has 0 radical (unpaired) electrons. The van der Waals surface area contributed by atoms with Gasteiger partial charge in [-0.3, -0.25) is 4.79 Å². The van der Waals surface area contributed by atoms with Crippen LogP contribution in [0.4, 0.5) is 0 Å². The Hall–Kier alpha value is -7.09. The number of carbonyl (C=O) groups is 1. The molecule has 12 rings (SSSR count). The van der Waals surface area contributed by atoms with Crippen LogP contribution in [0.1, 0.15) is 40.5 Å². The second-order valence-corrected chi connectivity index (χ2v) is 15.4. The van der Waals surface area contributed by atoms with Gasteiger partial charge < -0.3 is 0 Å².